The highest BCUT2D eigenvalue weighted by molar-refractivity contribution is 7.99. The number of thioether (sulfide) groups is 1. The molecule has 0 saturated carbocycles. The van der Waals surface area contributed by atoms with Crippen LogP contribution in [0.3, 0.4) is 0 Å². The van der Waals surface area contributed by atoms with Crippen LogP contribution in [-0.4, -0.2) is 29.3 Å². The molecule has 0 rings (SSSR count). The summed E-state index contributed by atoms with van der Waals surface area (Å²) in [5, 5.41) is 8.60. The van der Waals surface area contributed by atoms with Crippen molar-refractivity contribution < 1.29 is 5.11 Å². The van der Waals surface area contributed by atoms with Gasteiger partial charge in [0, 0.05) is 11.8 Å². The van der Waals surface area contributed by atoms with Gasteiger partial charge >= 0.3 is 0 Å². The highest BCUT2D eigenvalue weighted by Gasteiger charge is 2.00. The summed E-state index contributed by atoms with van der Waals surface area (Å²) in [5.74, 6) is 2.81. The van der Waals surface area contributed by atoms with Gasteiger partial charge < -0.3 is 10.8 Å². The van der Waals surface area contributed by atoms with Gasteiger partial charge in [0.2, 0.25) is 0 Å². The second-order valence-corrected chi connectivity index (χ2v) is 4.35. The third-order valence-electron chi connectivity index (χ3n) is 1.41. The first-order valence-corrected chi connectivity index (χ1v) is 5.26. The van der Waals surface area contributed by atoms with Crippen molar-refractivity contribution in [2.45, 2.75) is 26.3 Å². The molecule has 2 nitrogen and oxygen atoms in total. The van der Waals surface area contributed by atoms with Crippen molar-refractivity contribution in [1.82, 2.24) is 0 Å². The van der Waals surface area contributed by atoms with Gasteiger partial charge in [-0.15, -0.1) is 0 Å². The third kappa shape index (κ3) is 8.17. The Labute approximate surface area is 73.6 Å². The van der Waals surface area contributed by atoms with Crippen molar-refractivity contribution in [3.8, 4) is 0 Å². The van der Waals surface area contributed by atoms with Gasteiger partial charge in [-0.3, -0.25) is 0 Å². The van der Waals surface area contributed by atoms with Crippen LogP contribution in [0.2, 0.25) is 0 Å². The Kier molecular flexibility index (Phi) is 7.12. The van der Waals surface area contributed by atoms with E-state index < -0.39 is 0 Å². The number of hydrogen-bond acceptors (Lipinski definition) is 3. The minimum Gasteiger partial charge on any atom is -0.395 e. The predicted octanol–water partition coefficient (Wildman–Crippen LogP) is 1.09. The summed E-state index contributed by atoms with van der Waals surface area (Å²) in [6.45, 7) is 4.54. The quantitative estimate of drug-likeness (QED) is 0.597. The molecule has 0 aromatic rings. The molecule has 1 atom stereocenters. The van der Waals surface area contributed by atoms with Gasteiger partial charge in [-0.2, -0.15) is 11.8 Å². The van der Waals surface area contributed by atoms with E-state index in [1.807, 2.05) is 11.8 Å². The fraction of sp³-hybridized carbons (Fsp3) is 1.00. The third-order valence-corrected chi connectivity index (χ3v) is 2.59. The molecular formula is C8H19NOS. The lowest BCUT2D eigenvalue weighted by Gasteiger charge is -2.08. The summed E-state index contributed by atoms with van der Waals surface area (Å²) in [6, 6.07) is -0.0350. The average Bonchev–Trinajstić information content (AvgIpc) is 1.97. The molecule has 0 aromatic heterocycles. The van der Waals surface area contributed by atoms with E-state index in [4.69, 9.17) is 10.8 Å². The standard InChI is InChI=1S/C8H19NOS/c1-7(2)3-4-11-6-8(9)5-10/h7-8,10H,3-6,9H2,1-2H3. The summed E-state index contributed by atoms with van der Waals surface area (Å²) in [5.41, 5.74) is 5.52. The molecule has 0 radical (unpaired) electrons. The molecule has 1 unspecified atom stereocenters. The van der Waals surface area contributed by atoms with Crippen LogP contribution in [0.4, 0.5) is 0 Å². The summed E-state index contributed by atoms with van der Waals surface area (Å²) in [6.07, 6.45) is 1.24. The van der Waals surface area contributed by atoms with Crippen LogP contribution in [0.15, 0.2) is 0 Å². The number of hydrogen-bond donors (Lipinski definition) is 2. The minimum absolute atomic E-state index is 0.0350. The molecule has 0 aliphatic rings. The van der Waals surface area contributed by atoms with Crippen molar-refractivity contribution in [2.24, 2.45) is 11.7 Å². The molecule has 0 aliphatic heterocycles. The zero-order valence-electron chi connectivity index (χ0n) is 7.42. The van der Waals surface area contributed by atoms with E-state index >= 15 is 0 Å². The predicted molar refractivity (Wildman–Crippen MR) is 51.8 cm³/mol. The highest BCUT2D eigenvalue weighted by atomic mass is 32.2. The SMILES string of the molecule is CC(C)CCSCC(N)CO. The highest BCUT2D eigenvalue weighted by Crippen LogP contribution is 2.08. The van der Waals surface area contributed by atoms with Gasteiger partial charge in [0.05, 0.1) is 6.61 Å². The monoisotopic (exact) mass is 177 g/mol. The Hall–Kier alpha value is 0.270. The lowest BCUT2D eigenvalue weighted by Crippen LogP contribution is -2.27. The van der Waals surface area contributed by atoms with E-state index in [2.05, 4.69) is 13.8 Å². The molecule has 0 aromatic carbocycles. The topological polar surface area (TPSA) is 46.2 Å². The van der Waals surface area contributed by atoms with E-state index in [-0.39, 0.29) is 12.6 Å². The maximum absolute atomic E-state index is 8.60. The largest absolute Gasteiger partial charge is 0.395 e. The Morgan fingerprint density at radius 1 is 1.45 bits per heavy atom. The Morgan fingerprint density at radius 3 is 2.55 bits per heavy atom. The first-order valence-electron chi connectivity index (χ1n) is 4.11. The fourth-order valence-corrected chi connectivity index (χ4v) is 1.82. The van der Waals surface area contributed by atoms with Crippen molar-refractivity contribution in [1.29, 1.82) is 0 Å². The average molecular weight is 177 g/mol. The van der Waals surface area contributed by atoms with Crippen LogP contribution in [0, 0.1) is 5.92 Å². The maximum atomic E-state index is 8.60. The van der Waals surface area contributed by atoms with Crippen LogP contribution >= 0.6 is 11.8 Å². The molecule has 0 fully saturated rings. The maximum Gasteiger partial charge on any atom is 0.0590 e. The Balaban J connectivity index is 3.01. The van der Waals surface area contributed by atoms with E-state index in [1.165, 1.54) is 6.42 Å². The van der Waals surface area contributed by atoms with Crippen LogP contribution in [0.25, 0.3) is 0 Å². The van der Waals surface area contributed by atoms with Crippen LogP contribution in [-0.2, 0) is 0 Å². The van der Waals surface area contributed by atoms with Gasteiger partial charge in [-0.05, 0) is 18.1 Å². The molecule has 0 spiro atoms. The Morgan fingerprint density at radius 2 is 2.09 bits per heavy atom. The van der Waals surface area contributed by atoms with Gasteiger partial charge in [-0.25, -0.2) is 0 Å². The molecule has 0 saturated heterocycles. The number of aliphatic hydroxyl groups excluding tert-OH is 1. The molecule has 11 heavy (non-hydrogen) atoms. The zero-order chi connectivity index (χ0) is 8.69. The van der Waals surface area contributed by atoms with Crippen molar-refractivity contribution in [2.75, 3.05) is 18.1 Å². The van der Waals surface area contributed by atoms with E-state index in [1.54, 1.807) is 0 Å². The molecule has 0 heterocycles. The molecule has 0 aliphatic carbocycles. The summed E-state index contributed by atoms with van der Waals surface area (Å²) in [4.78, 5) is 0. The molecular weight excluding hydrogens is 158 g/mol. The van der Waals surface area contributed by atoms with Crippen molar-refractivity contribution in [3.63, 3.8) is 0 Å². The number of aliphatic hydroxyl groups is 1. The molecule has 3 N–H and O–H groups in total. The van der Waals surface area contributed by atoms with Gasteiger partial charge in [-0.1, -0.05) is 13.8 Å². The summed E-state index contributed by atoms with van der Waals surface area (Å²) >= 11 is 1.83. The van der Waals surface area contributed by atoms with Gasteiger partial charge in [0.15, 0.2) is 0 Å². The van der Waals surface area contributed by atoms with Gasteiger partial charge in [0.1, 0.15) is 0 Å². The minimum atomic E-state index is -0.0350. The van der Waals surface area contributed by atoms with Gasteiger partial charge in [0.25, 0.3) is 0 Å². The smallest absolute Gasteiger partial charge is 0.0590 e. The Bertz CT molecular complexity index is 88.2. The van der Waals surface area contributed by atoms with E-state index in [0.717, 1.165) is 17.4 Å². The number of nitrogens with two attached hydrogens (primary N) is 1. The van der Waals surface area contributed by atoms with E-state index in [9.17, 15) is 0 Å². The van der Waals surface area contributed by atoms with Crippen molar-refractivity contribution >= 4 is 11.8 Å². The fourth-order valence-electron chi connectivity index (χ4n) is 0.606. The molecule has 3 heteroatoms. The van der Waals surface area contributed by atoms with Crippen molar-refractivity contribution in [3.05, 3.63) is 0 Å². The summed E-state index contributed by atoms with van der Waals surface area (Å²) < 4.78 is 0. The first kappa shape index (κ1) is 11.3. The lowest BCUT2D eigenvalue weighted by molar-refractivity contribution is 0.275. The van der Waals surface area contributed by atoms with Crippen LogP contribution in [0.5, 0.6) is 0 Å². The molecule has 0 bridgehead atoms. The molecule has 0 amide bonds. The van der Waals surface area contributed by atoms with Crippen LogP contribution < -0.4 is 5.73 Å². The summed E-state index contributed by atoms with van der Waals surface area (Å²) in [7, 11) is 0. The first-order chi connectivity index (χ1) is 5.16. The second kappa shape index (κ2) is 6.95. The van der Waals surface area contributed by atoms with Crippen LogP contribution in [0.1, 0.15) is 20.3 Å². The molecule has 68 valence electrons. The number of rotatable bonds is 6. The van der Waals surface area contributed by atoms with E-state index in [0.29, 0.717) is 0 Å². The normalized spacial score (nSPS) is 13.9. The zero-order valence-corrected chi connectivity index (χ0v) is 8.23. The lowest BCUT2D eigenvalue weighted by atomic mass is 10.2. The second-order valence-electron chi connectivity index (χ2n) is 3.20.